The maximum atomic E-state index is 12.6. The van der Waals surface area contributed by atoms with Crippen LogP contribution in [-0.2, 0) is 16.0 Å². The molecule has 0 bridgehead atoms. The lowest BCUT2D eigenvalue weighted by Crippen LogP contribution is -2.05. The summed E-state index contributed by atoms with van der Waals surface area (Å²) in [5.74, 6) is 0.171. The summed E-state index contributed by atoms with van der Waals surface area (Å²) in [6, 6.07) is 5.56. The van der Waals surface area contributed by atoms with Gasteiger partial charge >= 0.3 is 6.18 Å². The molecule has 0 N–H and O–H groups in total. The van der Waals surface area contributed by atoms with E-state index >= 15 is 0 Å². The van der Waals surface area contributed by atoms with Gasteiger partial charge in [0, 0.05) is 18.1 Å². The number of imidazole rings is 1. The smallest absolute Gasteiger partial charge is 0.303 e. The molecule has 1 aromatic carbocycles. The highest BCUT2D eigenvalue weighted by atomic mass is 32.2. The summed E-state index contributed by atoms with van der Waals surface area (Å²) >= 11 is 0. The van der Waals surface area contributed by atoms with E-state index in [2.05, 4.69) is 18.1 Å². The molecule has 174 valence electrons. The van der Waals surface area contributed by atoms with Crippen LogP contribution in [0.4, 0.5) is 13.2 Å². The number of allylic oxidation sites excluding steroid dienone is 4. The van der Waals surface area contributed by atoms with Gasteiger partial charge in [-0.1, -0.05) is 64.7 Å². The summed E-state index contributed by atoms with van der Waals surface area (Å²) < 4.78 is 61.6. The van der Waals surface area contributed by atoms with E-state index in [4.69, 9.17) is 0 Å². The molecule has 0 radical (unpaired) electrons. The fraction of sp³-hybridized carbons (Fsp3) is 0.348. The molecule has 0 aliphatic carbocycles. The molecule has 0 saturated heterocycles. The molecule has 2 aromatic rings. The number of aromatic nitrogens is 2. The topological polar surface area (TPSA) is 52.0 Å². The zero-order chi connectivity index (χ0) is 24.8. The van der Waals surface area contributed by atoms with E-state index in [0.29, 0.717) is 5.69 Å². The second kappa shape index (κ2) is 14.4. The predicted molar refractivity (Wildman–Crippen MR) is 123 cm³/mol. The van der Waals surface area contributed by atoms with Crippen LogP contribution in [0.3, 0.4) is 0 Å². The molecule has 0 aliphatic heterocycles. The van der Waals surface area contributed by atoms with E-state index < -0.39 is 21.7 Å². The van der Waals surface area contributed by atoms with Gasteiger partial charge in [0.15, 0.2) is 15.5 Å². The Morgan fingerprint density at radius 2 is 1.58 bits per heavy atom. The first kappa shape index (κ1) is 30.6. The molecule has 31 heavy (non-hydrogen) atoms. The molecular formula is C23H33F3N2O2S. The van der Waals surface area contributed by atoms with E-state index in [1.807, 2.05) is 46.8 Å². The van der Waals surface area contributed by atoms with Crippen molar-refractivity contribution in [3.8, 4) is 5.69 Å². The molecule has 0 fully saturated rings. The van der Waals surface area contributed by atoms with Crippen LogP contribution in [0.1, 0.15) is 46.1 Å². The Morgan fingerprint density at radius 3 is 1.87 bits per heavy atom. The van der Waals surface area contributed by atoms with Gasteiger partial charge in [-0.15, -0.1) is 0 Å². The van der Waals surface area contributed by atoms with Crippen LogP contribution in [0.15, 0.2) is 72.3 Å². The molecule has 1 heterocycles. The highest BCUT2D eigenvalue weighted by Gasteiger charge is 2.34. The first-order valence-corrected chi connectivity index (χ1v) is 11.6. The Hall–Kier alpha value is -2.61. The Bertz CT molecular complexity index is 940. The van der Waals surface area contributed by atoms with Crippen molar-refractivity contribution in [3.63, 3.8) is 0 Å². The largest absolute Gasteiger partial charge is 0.434 e. The molecule has 4 nitrogen and oxygen atoms in total. The predicted octanol–water partition coefficient (Wildman–Crippen LogP) is 6.96. The number of nitrogens with zero attached hydrogens (tertiary/aromatic N) is 2. The second-order valence-corrected chi connectivity index (χ2v) is 7.76. The quantitative estimate of drug-likeness (QED) is 0.465. The summed E-state index contributed by atoms with van der Waals surface area (Å²) in [5.41, 5.74) is 0.486. The van der Waals surface area contributed by atoms with Crippen LogP contribution in [0.25, 0.3) is 5.69 Å². The van der Waals surface area contributed by atoms with Crippen molar-refractivity contribution in [1.82, 2.24) is 9.55 Å². The lowest BCUT2D eigenvalue weighted by Gasteiger charge is -2.05. The summed E-state index contributed by atoms with van der Waals surface area (Å²) in [6.07, 6.45) is 2.93. The Morgan fingerprint density at radius 1 is 1.10 bits per heavy atom. The highest BCUT2D eigenvalue weighted by molar-refractivity contribution is 7.90. The molecule has 0 amide bonds. The maximum Gasteiger partial charge on any atom is 0.434 e. The molecule has 0 aliphatic rings. The Balaban J connectivity index is 0. The molecule has 2 rings (SSSR count). The van der Waals surface area contributed by atoms with Crippen molar-refractivity contribution in [2.45, 2.75) is 52.6 Å². The summed E-state index contributed by atoms with van der Waals surface area (Å²) in [6.45, 7) is 18.6. The van der Waals surface area contributed by atoms with Gasteiger partial charge < -0.3 is 4.57 Å². The van der Waals surface area contributed by atoms with Crippen LogP contribution in [0.5, 0.6) is 0 Å². The average Bonchev–Trinajstić information content (AvgIpc) is 3.11. The Labute approximate surface area is 184 Å². The van der Waals surface area contributed by atoms with Crippen LogP contribution < -0.4 is 0 Å². The van der Waals surface area contributed by atoms with E-state index in [1.54, 1.807) is 6.08 Å². The van der Waals surface area contributed by atoms with Crippen molar-refractivity contribution in [1.29, 1.82) is 0 Å². The normalized spacial score (nSPS) is 10.6. The van der Waals surface area contributed by atoms with Gasteiger partial charge in [0.1, 0.15) is 5.82 Å². The molecule has 0 saturated carbocycles. The van der Waals surface area contributed by atoms with Crippen LogP contribution >= 0.6 is 0 Å². The van der Waals surface area contributed by atoms with Gasteiger partial charge in [0.2, 0.25) is 0 Å². The summed E-state index contributed by atoms with van der Waals surface area (Å²) in [7, 11) is -3.33. The molecule has 0 spiro atoms. The summed E-state index contributed by atoms with van der Waals surface area (Å²) in [5, 5.41) is 0. The lowest BCUT2D eigenvalue weighted by atomic mass is 10.3. The van der Waals surface area contributed by atoms with Crippen molar-refractivity contribution in [3.05, 3.63) is 78.9 Å². The second-order valence-electron chi connectivity index (χ2n) is 5.75. The highest BCUT2D eigenvalue weighted by Crippen LogP contribution is 2.29. The standard InChI is InChI=1S/C12H11F3N2O2S.C7H10.2C2H6/c1-8-16-11(12(13,14)15)7-17(8)9-3-5-10(6-4-9)20(2,18)19;1-4-5-6-7(2)3;2*1-2/h3-7H,1-2H3;4-6H,1-2H2,3H3;2*1-2H3/b;6-5-;;. The number of hydrogen-bond acceptors (Lipinski definition) is 3. The molecule has 1 aromatic heterocycles. The third-order valence-electron chi connectivity index (χ3n) is 3.23. The summed E-state index contributed by atoms with van der Waals surface area (Å²) in [4.78, 5) is 3.56. The fourth-order valence-corrected chi connectivity index (χ4v) is 2.59. The fourth-order valence-electron chi connectivity index (χ4n) is 1.96. The third kappa shape index (κ3) is 11.4. The minimum Gasteiger partial charge on any atom is -0.303 e. The van der Waals surface area contributed by atoms with E-state index in [1.165, 1.54) is 35.8 Å². The number of halogens is 3. The Kier molecular flexibility index (Phi) is 14.2. The number of aryl methyl sites for hydroxylation is 1. The number of sulfone groups is 1. The van der Waals surface area contributed by atoms with Gasteiger partial charge in [-0.2, -0.15) is 13.2 Å². The van der Waals surface area contributed by atoms with Crippen LogP contribution in [0.2, 0.25) is 0 Å². The van der Waals surface area contributed by atoms with Gasteiger partial charge in [-0.25, -0.2) is 13.4 Å². The molecule has 8 heteroatoms. The SMILES string of the molecule is C=C/C=C\C(=C)C.CC.CC.Cc1nc(C(F)(F)F)cn1-c1ccc(S(C)(=O)=O)cc1. The van der Waals surface area contributed by atoms with Crippen molar-refractivity contribution in [2.24, 2.45) is 0 Å². The van der Waals surface area contributed by atoms with Gasteiger partial charge in [0.05, 0.1) is 4.90 Å². The lowest BCUT2D eigenvalue weighted by molar-refractivity contribution is -0.141. The minimum atomic E-state index is -4.51. The van der Waals surface area contributed by atoms with Crippen LogP contribution in [-0.4, -0.2) is 24.2 Å². The number of alkyl halides is 3. The average molecular weight is 459 g/mol. The molecule has 0 unspecified atom stereocenters. The minimum absolute atomic E-state index is 0.107. The van der Waals surface area contributed by atoms with Crippen LogP contribution in [0, 0.1) is 6.92 Å². The molecular weight excluding hydrogens is 425 g/mol. The first-order chi connectivity index (χ1) is 14.4. The third-order valence-corrected chi connectivity index (χ3v) is 4.36. The van der Waals surface area contributed by atoms with E-state index in [-0.39, 0.29) is 10.7 Å². The maximum absolute atomic E-state index is 12.6. The van der Waals surface area contributed by atoms with Crippen molar-refractivity contribution in [2.75, 3.05) is 6.26 Å². The van der Waals surface area contributed by atoms with Gasteiger partial charge in [-0.3, -0.25) is 0 Å². The van der Waals surface area contributed by atoms with E-state index in [0.717, 1.165) is 18.0 Å². The number of rotatable bonds is 4. The van der Waals surface area contributed by atoms with Gasteiger partial charge in [0.25, 0.3) is 0 Å². The number of hydrogen-bond donors (Lipinski definition) is 0. The zero-order valence-corrected chi connectivity index (χ0v) is 20.1. The monoisotopic (exact) mass is 458 g/mol. The van der Waals surface area contributed by atoms with Crippen molar-refractivity contribution >= 4 is 9.84 Å². The van der Waals surface area contributed by atoms with Gasteiger partial charge in [-0.05, 0) is 38.1 Å². The van der Waals surface area contributed by atoms with E-state index in [9.17, 15) is 21.6 Å². The number of benzene rings is 1. The van der Waals surface area contributed by atoms with Crippen molar-refractivity contribution < 1.29 is 21.6 Å². The zero-order valence-electron chi connectivity index (χ0n) is 19.3. The molecule has 0 atom stereocenters. The first-order valence-electron chi connectivity index (χ1n) is 9.74.